The number of aryl methyl sites for hydroxylation is 1. The summed E-state index contributed by atoms with van der Waals surface area (Å²) in [7, 11) is 2.09. The van der Waals surface area contributed by atoms with Gasteiger partial charge >= 0.3 is 0 Å². The molecule has 0 radical (unpaired) electrons. The van der Waals surface area contributed by atoms with Crippen LogP contribution in [0.4, 0.5) is 5.69 Å². The maximum Gasteiger partial charge on any atom is 0.103 e. The van der Waals surface area contributed by atoms with Crippen molar-refractivity contribution in [2.24, 2.45) is 5.73 Å². The minimum Gasteiger partial charge on any atom is -0.389 e. The molecule has 2 aromatic carbocycles. The van der Waals surface area contributed by atoms with E-state index in [1.165, 1.54) is 16.8 Å². The molecule has 0 atom stereocenters. The molecule has 0 unspecified atom stereocenters. The first-order valence-corrected chi connectivity index (χ1v) is 6.64. The lowest BCUT2D eigenvalue weighted by molar-refractivity contribution is 0.917. The summed E-state index contributed by atoms with van der Waals surface area (Å²) in [5.74, 6) is 0. The lowest BCUT2D eigenvalue weighted by Gasteiger charge is -2.22. The van der Waals surface area contributed by atoms with Gasteiger partial charge < -0.3 is 10.6 Å². The van der Waals surface area contributed by atoms with Gasteiger partial charge in [0.25, 0.3) is 0 Å². The van der Waals surface area contributed by atoms with E-state index >= 15 is 0 Å². The van der Waals surface area contributed by atoms with Gasteiger partial charge in [-0.1, -0.05) is 42.5 Å². The highest BCUT2D eigenvalue weighted by Gasteiger charge is 2.07. The molecule has 0 saturated heterocycles. The van der Waals surface area contributed by atoms with Crippen LogP contribution in [-0.2, 0) is 6.54 Å². The molecule has 0 fully saturated rings. The number of anilines is 1. The minimum absolute atomic E-state index is 0.445. The van der Waals surface area contributed by atoms with Crippen LogP contribution in [-0.4, -0.2) is 12.0 Å². The summed E-state index contributed by atoms with van der Waals surface area (Å²) in [5.41, 5.74) is 10.2. The SMILES string of the molecule is Cc1cc(C(N)=S)ccc1N(C)Cc1ccccc1. The molecule has 2 rings (SSSR count). The molecule has 0 aromatic heterocycles. The minimum atomic E-state index is 0.445. The maximum atomic E-state index is 5.65. The fraction of sp³-hybridized carbons (Fsp3) is 0.188. The van der Waals surface area contributed by atoms with E-state index in [2.05, 4.69) is 49.2 Å². The third-order valence-corrected chi connectivity index (χ3v) is 3.39. The zero-order chi connectivity index (χ0) is 13.8. The number of nitrogens with zero attached hydrogens (tertiary/aromatic N) is 1. The molecule has 0 aliphatic rings. The summed E-state index contributed by atoms with van der Waals surface area (Å²) >= 11 is 5.00. The molecule has 0 bridgehead atoms. The van der Waals surface area contributed by atoms with Crippen LogP contribution >= 0.6 is 12.2 Å². The largest absolute Gasteiger partial charge is 0.389 e. The van der Waals surface area contributed by atoms with Crippen molar-refractivity contribution < 1.29 is 0 Å². The van der Waals surface area contributed by atoms with Crippen LogP contribution in [0.3, 0.4) is 0 Å². The van der Waals surface area contributed by atoms with Gasteiger partial charge in [-0.3, -0.25) is 0 Å². The van der Waals surface area contributed by atoms with Gasteiger partial charge in [-0.05, 0) is 36.2 Å². The van der Waals surface area contributed by atoms with Crippen LogP contribution in [0, 0.1) is 6.92 Å². The fourth-order valence-corrected chi connectivity index (χ4v) is 2.31. The Balaban J connectivity index is 2.20. The first kappa shape index (κ1) is 13.6. The van der Waals surface area contributed by atoms with E-state index < -0.39 is 0 Å². The van der Waals surface area contributed by atoms with Crippen LogP contribution in [0.2, 0.25) is 0 Å². The second-order valence-corrected chi connectivity index (χ2v) is 5.15. The van der Waals surface area contributed by atoms with E-state index in [1.54, 1.807) is 0 Å². The summed E-state index contributed by atoms with van der Waals surface area (Å²) in [6, 6.07) is 16.5. The number of rotatable bonds is 4. The molecule has 98 valence electrons. The zero-order valence-electron chi connectivity index (χ0n) is 11.3. The normalized spacial score (nSPS) is 10.2. The molecule has 0 saturated carbocycles. The molecule has 2 N–H and O–H groups in total. The van der Waals surface area contributed by atoms with E-state index in [0.717, 1.165) is 12.1 Å². The number of benzene rings is 2. The highest BCUT2D eigenvalue weighted by atomic mass is 32.1. The second kappa shape index (κ2) is 5.85. The van der Waals surface area contributed by atoms with Gasteiger partial charge in [0.2, 0.25) is 0 Å². The van der Waals surface area contributed by atoms with Crippen LogP contribution in [0.1, 0.15) is 16.7 Å². The molecule has 3 heteroatoms. The van der Waals surface area contributed by atoms with Gasteiger partial charge in [0, 0.05) is 24.8 Å². The van der Waals surface area contributed by atoms with Crippen molar-refractivity contribution in [1.82, 2.24) is 0 Å². The average Bonchev–Trinajstić information content (AvgIpc) is 2.39. The number of thiocarbonyl (C=S) groups is 1. The summed E-state index contributed by atoms with van der Waals surface area (Å²) in [5, 5.41) is 0. The Morgan fingerprint density at radius 1 is 1.16 bits per heavy atom. The Labute approximate surface area is 119 Å². The molecule has 19 heavy (non-hydrogen) atoms. The molecular weight excluding hydrogens is 252 g/mol. The van der Waals surface area contributed by atoms with Gasteiger partial charge in [-0.2, -0.15) is 0 Å². The molecule has 0 spiro atoms. The lowest BCUT2D eigenvalue weighted by atomic mass is 10.1. The van der Waals surface area contributed by atoms with Gasteiger partial charge in [-0.15, -0.1) is 0 Å². The van der Waals surface area contributed by atoms with E-state index in [1.807, 2.05) is 18.2 Å². The molecular formula is C16H18N2S. The summed E-state index contributed by atoms with van der Waals surface area (Å²) in [6.07, 6.45) is 0. The van der Waals surface area contributed by atoms with Gasteiger partial charge in [0.05, 0.1) is 0 Å². The quantitative estimate of drug-likeness (QED) is 0.865. The maximum absolute atomic E-state index is 5.65. The standard InChI is InChI=1S/C16H18N2S/c1-12-10-14(16(17)19)8-9-15(12)18(2)11-13-6-4-3-5-7-13/h3-10H,11H2,1-2H3,(H2,17,19). The summed E-state index contributed by atoms with van der Waals surface area (Å²) in [4.78, 5) is 2.67. The Hall–Kier alpha value is -1.87. The molecule has 2 nitrogen and oxygen atoms in total. The predicted molar refractivity (Wildman–Crippen MR) is 85.6 cm³/mol. The van der Waals surface area contributed by atoms with Crippen LogP contribution < -0.4 is 10.6 Å². The van der Waals surface area contributed by atoms with E-state index in [-0.39, 0.29) is 0 Å². The van der Waals surface area contributed by atoms with Crippen molar-refractivity contribution in [3.05, 3.63) is 65.2 Å². The zero-order valence-corrected chi connectivity index (χ0v) is 12.1. The molecule has 2 aromatic rings. The van der Waals surface area contributed by atoms with Gasteiger partial charge in [0.1, 0.15) is 4.99 Å². The number of hydrogen-bond acceptors (Lipinski definition) is 2. The van der Waals surface area contributed by atoms with Gasteiger partial charge in [-0.25, -0.2) is 0 Å². The smallest absolute Gasteiger partial charge is 0.103 e. The van der Waals surface area contributed by atoms with Crippen molar-refractivity contribution in [3.8, 4) is 0 Å². The molecule has 0 heterocycles. The van der Waals surface area contributed by atoms with Crippen molar-refractivity contribution >= 4 is 22.9 Å². The average molecular weight is 270 g/mol. The van der Waals surface area contributed by atoms with Crippen molar-refractivity contribution in [2.75, 3.05) is 11.9 Å². The highest BCUT2D eigenvalue weighted by Crippen LogP contribution is 2.21. The van der Waals surface area contributed by atoms with Crippen LogP contribution in [0.5, 0.6) is 0 Å². The molecule has 0 aliphatic carbocycles. The monoisotopic (exact) mass is 270 g/mol. The van der Waals surface area contributed by atoms with Crippen molar-refractivity contribution in [3.63, 3.8) is 0 Å². The summed E-state index contributed by atoms with van der Waals surface area (Å²) in [6.45, 7) is 2.96. The lowest BCUT2D eigenvalue weighted by Crippen LogP contribution is -2.18. The predicted octanol–water partition coefficient (Wildman–Crippen LogP) is 3.27. The third-order valence-electron chi connectivity index (χ3n) is 3.16. The Morgan fingerprint density at radius 3 is 2.42 bits per heavy atom. The first-order valence-electron chi connectivity index (χ1n) is 6.23. The third kappa shape index (κ3) is 3.32. The highest BCUT2D eigenvalue weighted by molar-refractivity contribution is 7.80. The molecule has 0 amide bonds. The van der Waals surface area contributed by atoms with Gasteiger partial charge in [0.15, 0.2) is 0 Å². The van der Waals surface area contributed by atoms with Crippen molar-refractivity contribution in [1.29, 1.82) is 0 Å². The Morgan fingerprint density at radius 2 is 1.84 bits per heavy atom. The van der Waals surface area contributed by atoms with E-state index in [9.17, 15) is 0 Å². The van der Waals surface area contributed by atoms with Crippen molar-refractivity contribution in [2.45, 2.75) is 13.5 Å². The fourth-order valence-electron chi connectivity index (χ4n) is 2.18. The number of hydrogen-bond donors (Lipinski definition) is 1. The Bertz CT molecular complexity index is 579. The Kier molecular flexibility index (Phi) is 4.17. The van der Waals surface area contributed by atoms with E-state index in [4.69, 9.17) is 18.0 Å². The van der Waals surface area contributed by atoms with E-state index in [0.29, 0.717) is 4.99 Å². The van der Waals surface area contributed by atoms with Crippen LogP contribution in [0.15, 0.2) is 48.5 Å². The van der Waals surface area contributed by atoms with Crippen LogP contribution in [0.25, 0.3) is 0 Å². The second-order valence-electron chi connectivity index (χ2n) is 4.71. The molecule has 0 aliphatic heterocycles. The topological polar surface area (TPSA) is 29.3 Å². The first-order chi connectivity index (χ1) is 9.08. The summed E-state index contributed by atoms with van der Waals surface area (Å²) < 4.78 is 0. The number of nitrogens with two attached hydrogens (primary N) is 1.